The van der Waals surface area contributed by atoms with E-state index in [1.807, 2.05) is 55.6 Å². The van der Waals surface area contributed by atoms with Gasteiger partial charge in [-0.3, -0.25) is 14.7 Å². The van der Waals surface area contributed by atoms with Crippen molar-refractivity contribution in [3.63, 3.8) is 0 Å². The van der Waals surface area contributed by atoms with Crippen molar-refractivity contribution in [1.29, 1.82) is 0 Å². The number of aromatic nitrogens is 3. The predicted molar refractivity (Wildman–Crippen MR) is 163 cm³/mol. The van der Waals surface area contributed by atoms with Gasteiger partial charge in [-0.1, -0.05) is 25.6 Å². The summed E-state index contributed by atoms with van der Waals surface area (Å²) in [5.74, 6) is 2.21. The molecule has 2 N–H and O–H groups in total. The molecule has 1 atom stereocenters. The number of hydrogen-bond donors (Lipinski definition) is 2. The lowest BCUT2D eigenvalue weighted by atomic mass is 9.83. The molecule has 6 rings (SSSR count). The molecule has 214 valence electrons. The van der Waals surface area contributed by atoms with E-state index in [-0.39, 0.29) is 19.3 Å². The number of amides is 1. The van der Waals surface area contributed by atoms with Gasteiger partial charge < -0.3 is 19.9 Å². The number of aryl methyl sites for hydroxylation is 2. The minimum absolute atomic E-state index is 0. The summed E-state index contributed by atoms with van der Waals surface area (Å²) in [5.41, 5.74) is 6.26. The van der Waals surface area contributed by atoms with Crippen LogP contribution in [-0.2, 0) is 24.2 Å². The lowest BCUT2D eigenvalue weighted by molar-refractivity contribution is -0.120. The lowest BCUT2D eigenvalue weighted by Crippen LogP contribution is -2.43. The van der Waals surface area contributed by atoms with Crippen LogP contribution in [0.25, 0.3) is 11.5 Å². The summed E-state index contributed by atoms with van der Waals surface area (Å²) < 4.78 is 6.25. The summed E-state index contributed by atoms with van der Waals surface area (Å²) in [6.07, 6.45) is 6.08. The van der Waals surface area contributed by atoms with Gasteiger partial charge in [-0.25, -0.2) is 4.98 Å². The zero-order chi connectivity index (χ0) is 27.5. The van der Waals surface area contributed by atoms with Gasteiger partial charge in [-0.15, -0.1) is 0 Å². The minimum Gasteiger partial charge on any atom is -0.457 e. The third-order valence-electron chi connectivity index (χ3n) is 7.89. The number of hydrogen-bond acceptors (Lipinski definition) is 6. The molecule has 8 heteroatoms. The number of pyridine rings is 1. The van der Waals surface area contributed by atoms with Crippen LogP contribution in [0.15, 0.2) is 67.0 Å². The van der Waals surface area contributed by atoms with Crippen LogP contribution in [0.3, 0.4) is 0 Å². The van der Waals surface area contributed by atoms with E-state index in [1.54, 1.807) is 6.20 Å². The van der Waals surface area contributed by atoms with Crippen LogP contribution >= 0.6 is 0 Å². The average molecular weight is 553 g/mol. The molecule has 2 aromatic heterocycles. The van der Waals surface area contributed by atoms with Gasteiger partial charge in [-0.2, -0.15) is 0 Å². The summed E-state index contributed by atoms with van der Waals surface area (Å²) in [6, 6.07) is 17.9. The number of imidazole rings is 1. The van der Waals surface area contributed by atoms with Crippen molar-refractivity contribution in [3.8, 4) is 23.0 Å². The number of ether oxygens (including phenoxy) is 1. The Morgan fingerprint density at radius 1 is 1.02 bits per heavy atom. The fourth-order valence-electron chi connectivity index (χ4n) is 5.54. The summed E-state index contributed by atoms with van der Waals surface area (Å²) >= 11 is 0. The summed E-state index contributed by atoms with van der Waals surface area (Å²) in [7, 11) is 2.17. The number of likely N-dealkylation sites (N-methyl/N-ethyl adjacent to an activating group) is 1. The molecule has 1 saturated heterocycles. The molecular formula is C33H40N6O2. The maximum absolute atomic E-state index is 13.0. The number of anilines is 1. The highest BCUT2D eigenvalue weighted by atomic mass is 16.5. The first kappa shape index (κ1) is 28.5. The zero-order valence-corrected chi connectivity index (χ0v) is 23.2. The minimum atomic E-state index is -0.0604. The standard InChI is InChI=1S/C32H36N6O2.CH4/c1-22-4-3-5-26(16-22)36-32(39)24-7-6-23-8-9-28(18-25(23)17-24)40-29-10-11-33-30(19-29)31-34-20-27(35-31)21-38-14-12-37(2)13-15-38;/h3-5,8-11,16,18-20,24H,6-7,12-15,17,21H2,1-2H3,(H,34,35)(H,36,39);1H4. The Labute approximate surface area is 242 Å². The second-order valence-electron chi connectivity index (χ2n) is 11.0. The molecule has 4 aromatic rings. The van der Waals surface area contributed by atoms with Gasteiger partial charge in [0.2, 0.25) is 5.91 Å². The first-order valence-corrected chi connectivity index (χ1v) is 14.1. The van der Waals surface area contributed by atoms with Crippen LogP contribution in [-0.4, -0.2) is 63.9 Å². The largest absolute Gasteiger partial charge is 0.457 e. The lowest BCUT2D eigenvalue weighted by Gasteiger charge is -2.31. The van der Waals surface area contributed by atoms with E-state index in [9.17, 15) is 4.79 Å². The number of fused-ring (bicyclic) bond motifs is 1. The Kier molecular flexibility index (Phi) is 8.81. The molecular weight excluding hydrogens is 512 g/mol. The van der Waals surface area contributed by atoms with Gasteiger partial charge in [0.1, 0.15) is 17.2 Å². The van der Waals surface area contributed by atoms with Crippen LogP contribution in [0.1, 0.15) is 36.2 Å². The van der Waals surface area contributed by atoms with Crippen molar-refractivity contribution in [2.24, 2.45) is 5.92 Å². The van der Waals surface area contributed by atoms with Gasteiger partial charge in [-0.05, 0) is 80.3 Å². The van der Waals surface area contributed by atoms with E-state index >= 15 is 0 Å². The molecule has 0 saturated carbocycles. The maximum Gasteiger partial charge on any atom is 0.227 e. The number of carbonyl (C=O) groups is 1. The van der Waals surface area contributed by atoms with Gasteiger partial charge in [0.05, 0.1) is 6.20 Å². The summed E-state index contributed by atoms with van der Waals surface area (Å²) in [6.45, 7) is 7.19. The second-order valence-corrected chi connectivity index (χ2v) is 11.0. The smallest absolute Gasteiger partial charge is 0.227 e. The van der Waals surface area contributed by atoms with Crippen LogP contribution in [0.2, 0.25) is 0 Å². The third-order valence-corrected chi connectivity index (χ3v) is 7.89. The zero-order valence-electron chi connectivity index (χ0n) is 23.2. The highest BCUT2D eigenvalue weighted by Gasteiger charge is 2.25. The Morgan fingerprint density at radius 3 is 2.68 bits per heavy atom. The van der Waals surface area contributed by atoms with E-state index in [0.29, 0.717) is 12.2 Å². The molecule has 2 aromatic carbocycles. The van der Waals surface area contributed by atoms with Crippen molar-refractivity contribution in [3.05, 3.63) is 89.4 Å². The number of rotatable bonds is 7. The summed E-state index contributed by atoms with van der Waals surface area (Å²) in [4.78, 5) is 30.3. The quantitative estimate of drug-likeness (QED) is 0.306. The van der Waals surface area contributed by atoms with Crippen molar-refractivity contribution >= 4 is 11.6 Å². The first-order chi connectivity index (χ1) is 19.5. The highest BCUT2D eigenvalue weighted by molar-refractivity contribution is 5.93. The van der Waals surface area contributed by atoms with E-state index in [0.717, 1.165) is 79.8 Å². The van der Waals surface area contributed by atoms with Crippen LogP contribution in [0, 0.1) is 12.8 Å². The maximum atomic E-state index is 13.0. The molecule has 1 aliphatic heterocycles. The fraction of sp³-hybridized carbons (Fsp3) is 0.364. The summed E-state index contributed by atoms with van der Waals surface area (Å²) in [5, 5.41) is 3.10. The molecule has 0 spiro atoms. The number of benzene rings is 2. The third kappa shape index (κ3) is 7.01. The Balaban J connectivity index is 0.00000337. The fourth-order valence-corrected chi connectivity index (χ4v) is 5.54. The van der Waals surface area contributed by atoms with Crippen molar-refractivity contribution in [1.82, 2.24) is 24.8 Å². The number of piperazine rings is 1. The number of aromatic amines is 1. The molecule has 0 radical (unpaired) electrons. The van der Waals surface area contributed by atoms with Crippen LogP contribution in [0.5, 0.6) is 11.5 Å². The molecule has 8 nitrogen and oxygen atoms in total. The van der Waals surface area contributed by atoms with E-state index in [2.05, 4.69) is 49.2 Å². The number of H-pyrrole nitrogens is 1. The van der Waals surface area contributed by atoms with E-state index in [4.69, 9.17) is 4.74 Å². The second kappa shape index (κ2) is 12.7. The SMILES string of the molecule is C.Cc1cccc(NC(=O)C2CCc3ccc(Oc4ccnc(-c5ncc(CN6CCN(C)CC6)[nH]5)c4)cc3C2)c1. The van der Waals surface area contributed by atoms with Crippen LogP contribution in [0.4, 0.5) is 5.69 Å². The first-order valence-electron chi connectivity index (χ1n) is 14.1. The van der Waals surface area contributed by atoms with Gasteiger partial charge in [0.15, 0.2) is 5.82 Å². The monoisotopic (exact) mass is 552 g/mol. The Bertz CT molecular complexity index is 1490. The number of nitrogens with zero attached hydrogens (tertiary/aromatic N) is 4. The van der Waals surface area contributed by atoms with Crippen molar-refractivity contribution in [2.75, 3.05) is 38.5 Å². The molecule has 3 heterocycles. The molecule has 1 amide bonds. The van der Waals surface area contributed by atoms with E-state index in [1.165, 1.54) is 11.1 Å². The van der Waals surface area contributed by atoms with Crippen LogP contribution < -0.4 is 10.1 Å². The van der Waals surface area contributed by atoms with Gasteiger partial charge in [0, 0.05) is 62.3 Å². The molecule has 1 unspecified atom stereocenters. The molecule has 0 bridgehead atoms. The molecule has 1 aliphatic carbocycles. The van der Waals surface area contributed by atoms with Crippen molar-refractivity contribution in [2.45, 2.75) is 40.2 Å². The topological polar surface area (TPSA) is 86.4 Å². The van der Waals surface area contributed by atoms with Gasteiger partial charge in [0.25, 0.3) is 0 Å². The average Bonchev–Trinajstić information content (AvgIpc) is 3.43. The molecule has 41 heavy (non-hydrogen) atoms. The Morgan fingerprint density at radius 2 is 1.85 bits per heavy atom. The number of carbonyl (C=O) groups excluding carboxylic acids is 1. The number of nitrogens with one attached hydrogen (secondary N) is 2. The normalized spacial score (nSPS) is 17.4. The van der Waals surface area contributed by atoms with Gasteiger partial charge >= 0.3 is 0 Å². The Hall–Kier alpha value is -4.01. The van der Waals surface area contributed by atoms with E-state index < -0.39 is 0 Å². The highest BCUT2D eigenvalue weighted by Crippen LogP contribution is 2.32. The molecule has 2 aliphatic rings. The molecule has 1 fully saturated rings. The predicted octanol–water partition coefficient (Wildman–Crippen LogP) is 5.70. The van der Waals surface area contributed by atoms with Crippen molar-refractivity contribution < 1.29 is 9.53 Å².